The molecule has 0 aliphatic carbocycles. The number of non-ortho nitro benzene ring substituents is 1. The molecule has 3 N–H and O–H groups in total. The number of halogens is 1. The van der Waals surface area contributed by atoms with E-state index in [4.69, 9.17) is 17.3 Å². The number of hydrogen-bond acceptors (Lipinski definition) is 7. The van der Waals surface area contributed by atoms with Crippen LogP contribution >= 0.6 is 11.6 Å². The lowest BCUT2D eigenvalue weighted by Crippen LogP contribution is -2.10. The average molecular weight is 412 g/mol. The molecule has 0 aliphatic heterocycles. The number of hydrogen-bond donors (Lipinski definition) is 2. The van der Waals surface area contributed by atoms with E-state index in [-0.39, 0.29) is 5.69 Å². The maximum absolute atomic E-state index is 11.3. The van der Waals surface area contributed by atoms with Gasteiger partial charge in [0.2, 0.25) is 0 Å². The molecule has 3 aromatic carbocycles. The fourth-order valence-electron chi connectivity index (χ4n) is 2.61. The largest absolute Gasteiger partial charge is 0.398 e. The molecule has 0 fully saturated rings. The smallest absolute Gasteiger partial charge is 0.301 e. The number of benzene rings is 3. The first-order valence-corrected chi connectivity index (χ1v) is 8.62. The van der Waals surface area contributed by atoms with Gasteiger partial charge in [0.15, 0.2) is 0 Å². The zero-order valence-corrected chi connectivity index (χ0v) is 15.5. The van der Waals surface area contributed by atoms with E-state index in [1.54, 1.807) is 42.5 Å². The summed E-state index contributed by atoms with van der Waals surface area (Å²) in [7, 11) is 0. The normalized spacial score (nSPS) is 11.1. The number of nitrogens with zero attached hydrogens (tertiary/aromatic N) is 3. The third-order valence-electron chi connectivity index (χ3n) is 3.99. The van der Waals surface area contributed by atoms with E-state index in [0.717, 1.165) is 12.1 Å². The molecule has 0 amide bonds. The summed E-state index contributed by atoms with van der Waals surface area (Å²) in [6.45, 7) is 0. The molecule has 0 atom stereocenters. The van der Waals surface area contributed by atoms with Crippen LogP contribution < -0.4 is 11.2 Å². The number of rotatable bonds is 6. The fraction of sp³-hybridized carbons (Fsp3) is 0. The monoisotopic (exact) mass is 411 g/mol. The van der Waals surface area contributed by atoms with E-state index in [9.17, 15) is 20.2 Å². The molecule has 9 nitrogen and oxygen atoms in total. The molecule has 0 saturated heterocycles. The van der Waals surface area contributed by atoms with Crippen molar-refractivity contribution in [1.82, 2.24) is 0 Å². The van der Waals surface area contributed by atoms with Gasteiger partial charge in [0, 0.05) is 27.9 Å². The molecule has 3 rings (SSSR count). The first kappa shape index (κ1) is 19.8. The molecule has 0 spiro atoms. The lowest BCUT2D eigenvalue weighted by atomic mass is 10.0. The Morgan fingerprint density at radius 2 is 1.69 bits per heavy atom. The quantitative estimate of drug-likeness (QED) is 0.263. The van der Waals surface area contributed by atoms with E-state index in [2.05, 4.69) is 10.5 Å². The van der Waals surface area contributed by atoms with Gasteiger partial charge in [-0.15, -0.1) is 0 Å². The Kier molecular flexibility index (Phi) is 5.70. The van der Waals surface area contributed by atoms with Gasteiger partial charge in [0.05, 0.1) is 21.6 Å². The number of anilines is 2. The van der Waals surface area contributed by atoms with Crippen molar-refractivity contribution in [2.24, 2.45) is 5.10 Å². The van der Waals surface area contributed by atoms with Crippen molar-refractivity contribution in [2.45, 2.75) is 0 Å². The summed E-state index contributed by atoms with van der Waals surface area (Å²) in [4.78, 5) is 20.8. The predicted octanol–water partition coefficient (Wildman–Crippen LogP) is 4.60. The van der Waals surface area contributed by atoms with E-state index in [1.807, 2.05) is 6.07 Å². The second kappa shape index (κ2) is 8.36. The molecule has 0 aromatic heterocycles. The minimum Gasteiger partial charge on any atom is -0.398 e. The second-order valence-corrected chi connectivity index (χ2v) is 6.32. The van der Waals surface area contributed by atoms with Gasteiger partial charge in [0.25, 0.3) is 5.69 Å². The van der Waals surface area contributed by atoms with Gasteiger partial charge >= 0.3 is 5.69 Å². The lowest BCUT2D eigenvalue weighted by Gasteiger charge is -2.11. The van der Waals surface area contributed by atoms with Gasteiger partial charge in [-0.3, -0.25) is 25.7 Å². The summed E-state index contributed by atoms with van der Waals surface area (Å²) < 4.78 is 0. The minimum absolute atomic E-state index is 0.00497. The van der Waals surface area contributed by atoms with Crippen molar-refractivity contribution in [3.05, 3.63) is 103 Å². The van der Waals surface area contributed by atoms with Crippen molar-refractivity contribution in [3.63, 3.8) is 0 Å². The molecule has 0 bridgehead atoms. The van der Waals surface area contributed by atoms with Crippen LogP contribution in [0.3, 0.4) is 0 Å². The van der Waals surface area contributed by atoms with Crippen LogP contribution in [0.5, 0.6) is 0 Å². The molecule has 146 valence electrons. The van der Waals surface area contributed by atoms with Gasteiger partial charge in [-0.25, -0.2) is 0 Å². The van der Waals surface area contributed by atoms with Crippen molar-refractivity contribution >= 4 is 40.1 Å². The van der Waals surface area contributed by atoms with Crippen LogP contribution in [0.25, 0.3) is 0 Å². The Balaban J connectivity index is 2.10. The third kappa shape index (κ3) is 4.47. The number of nitrogens with one attached hydrogen (secondary N) is 1. The Bertz CT molecular complexity index is 1120. The highest BCUT2D eigenvalue weighted by atomic mass is 35.5. The third-order valence-corrected chi connectivity index (χ3v) is 4.23. The van der Waals surface area contributed by atoms with Gasteiger partial charge < -0.3 is 5.73 Å². The zero-order chi connectivity index (χ0) is 21.0. The van der Waals surface area contributed by atoms with Gasteiger partial charge in [-0.05, 0) is 24.3 Å². The molecular weight excluding hydrogens is 398 g/mol. The van der Waals surface area contributed by atoms with Crippen LogP contribution in [0.4, 0.5) is 22.7 Å². The van der Waals surface area contributed by atoms with E-state index in [1.165, 1.54) is 6.07 Å². The van der Waals surface area contributed by atoms with Crippen LogP contribution in [0, 0.1) is 20.2 Å². The maximum atomic E-state index is 11.3. The molecule has 3 aromatic rings. The van der Waals surface area contributed by atoms with Crippen molar-refractivity contribution in [2.75, 3.05) is 11.2 Å². The Morgan fingerprint density at radius 3 is 2.34 bits per heavy atom. The van der Waals surface area contributed by atoms with Crippen LogP contribution in [-0.4, -0.2) is 15.6 Å². The molecule has 10 heteroatoms. The molecule has 0 radical (unpaired) electrons. The van der Waals surface area contributed by atoms with E-state index >= 15 is 0 Å². The van der Waals surface area contributed by atoms with Gasteiger partial charge in [-0.2, -0.15) is 5.10 Å². The number of nitrogen functional groups attached to an aromatic ring is 1. The summed E-state index contributed by atoms with van der Waals surface area (Å²) >= 11 is 6.10. The molecule has 0 aliphatic rings. The molecule has 0 unspecified atom stereocenters. The lowest BCUT2D eigenvalue weighted by molar-refractivity contribution is -0.393. The Morgan fingerprint density at radius 1 is 0.966 bits per heavy atom. The molecule has 0 saturated carbocycles. The summed E-state index contributed by atoms with van der Waals surface area (Å²) in [5.74, 6) is 0. The molecule has 29 heavy (non-hydrogen) atoms. The highest BCUT2D eigenvalue weighted by molar-refractivity contribution is 6.31. The standard InChI is InChI=1S/C19H14ClN5O4/c20-13-6-8-16(21)15(10-13)19(12-4-2-1-3-5-12)23-22-17-9-7-14(24(26)27)11-18(17)25(28)29/h1-11,22H,21H2/b23-19-. The number of nitro groups is 2. The van der Waals surface area contributed by atoms with Crippen LogP contribution in [0.15, 0.2) is 71.8 Å². The summed E-state index contributed by atoms with van der Waals surface area (Å²) in [5, 5.41) is 27.0. The van der Waals surface area contributed by atoms with Crippen molar-refractivity contribution in [3.8, 4) is 0 Å². The van der Waals surface area contributed by atoms with Crippen LogP contribution in [-0.2, 0) is 0 Å². The SMILES string of the molecule is Nc1ccc(Cl)cc1/C(=N\Nc1ccc([N+](=O)[O-])cc1[N+](=O)[O-])c1ccccc1. The van der Waals surface area contributed by atoms with Crippen LogP contribution in [0.1, 0.15) is 11.1 Å². The summed E-state index contributed by atoms with van der Waals surface area (Å²) in [6, 6.07) is 17.2. The first-order chi connectivity index (χ1) is 13.9. The highest BCUT2D eigenvalue weighted by Crippen LogP contribution is 2.29. The van der Waals surface area contributed by atoms with Crippen molar-refractivity contribution in [1.29, 1.82) is 0 Å². The fourth-order valence-corrected chi connectivity index (χ4v) is 2.78. The van der Waals surface area contributed by atoms with Gasteiger partial charge in [-0.1, -0.05) is 41.9 Å². The Labute approximate surface area is 169 Å². The zero-order valence-electron chi connectivity index (χ0n) is 14.8. The molecule has 0 heterocycles. The predicted molar refractivity (Wildman–Crippen MR) is 111 cm³/mol. The summed E-state index contributed by atoms with van der Waals surface area (Å²) in [5.41, 5.74) is 9.87. The number of nitro benzene ring substituents is 2. The Hall–Kier alpha value is -3.98. The van der Waals surface area contributed by atoms with E-state index in [0.29, 0.717) is 27.5 Å². The maximum Gasteiger partial charge on any atom is 0.301 e. The highest BCUT2D eigenvalue weighted by Gasteiger charge is 2.20. The van der Waals surface area contributed by atoms with Crippen LogP contribution in [0.2, 0.25) is 5.02 Å². The molecular formula is C19H14ClN5O4. The average Bonchev–Trinajstić information content (AvgIpc) is 2.71. The van der Waals surface area contributed by atoms with Crippen molar-refractivity contribution < 1.29 is 9.85 Å². The van der Waals surface area contributed by atoms with Gasteiger partial charge in [0.1, 0.15) is 5.69 Å². The topological polar surface area (TPSA) is 137 Å². The minimum atomic E-state index is -0.721. The summed E-state index contributed by atoms with van der Waals surface area (Å²) in [6.07, 6.45) is 0. The first-order valence-electron chi connectivity index (χ1n) is 8.24. The number of nitrogens with two attached hydrogens (primary N) is 1. The number of hydrazone groups is 1. The van der Waals surface area contributed by atoms with E-state index < -0.39 is 21.2 Å². The second-order valence-electron chi connectivity index (χ2n) is 5.89.